The molecule has 0 saturated carbocycles. The van der Waals surface area contributed by atoms with Gasteiger partial charge in [-0.25, -0.2) is 0 Å². The number of carbonyl (C=O) groups excluding carboxylic acids is 1. The summed E-state index contributed by atoms with van der Waals surface area (Å²) in [6, 6.07) is 7.85. The van der Waals surface area contributed by atoms with Crippen molar-refractivity contribution in [1.82, 2.24) is 15.8 Å². The van der Waals surface area contributed by atoms with Crippen LogP contribution in [0, 0.1) is 13.8 Å². The van der Waals surface area contributed by atoms with Gasteiger partial charge in [-0.3, -0.25) is 4.79 Å². The third-order valence-electron chi connectivity index (χ3n) is 4.01. The highest BCUT2D eigenvalue weighted by molar-refractivity contribution is 5.85. The lowest BCUT2D eigenvalue weighted by molar-refractivity contribution is -0.120. The maximum atomic E-state index is 12.0. The molecule has 2 rings (SSSR count). The summed E-state index contributed by atoms with van der Waals surface area (Å²) in [5.41, 5.74) is 2.77. The topological polar surface area (TPSA) is 76.4 Å². The molecule has 6 nitrogen and oxygen atoms in total. The number of hydrogen-bond donors (Lipinski definition) is 2. The van der Waals surface area contributed by atoms with E-state index in [-0.39, 0.29) is 24.4 Å². The Morgan fingerprint density at radius 3 is 2.54 bits per heavy atom. The predicted molar refractivity (Wildman–Crippen MR) is 104 cm³/mol. The van der Waals surface area contributed by atoms with Crippen molar-refractivity contribution in [3.8, 4) is 5.75 Å². The smallest absolute Gasteiger partial charge is 0.224 e. The monoisotopic (exact) mass is 381 g/mol. The molecule has 1 amide bonds. The van der Waals surface area contributed by atoms with E-state index in [1.54, 1.807) is 0 Å². The molecule has 0 bridgehead atoms. The van der Waals surface area contributed by atoms with Crippen LogP contribution in [0.4, 0.5) is 0 Å². The van der Waals surface area contributed by atoms with Crippen LogP contribution in [0.3, 0.4) is 0 Å². The lowest BCUT2D eigenvalue weighted by atomic mass is 10.1. The number of amides is 1. The third-order valence-corrected chi connectivity index (χ3v) is 4.01. The number of rotatable bonds is 9. The molecule has 1 aromatic heterocycles. The molecular weight excluding hydrogens is 354 g/mol. The zero-order chi connectivity index (χ0) is 18.2. The fourth-order valence-corrected chi connectivity index (χ4v) is 2.50. The number of benzene rings is 1. The molecule has 0 aliphatic heterocycles. The Morgan fingerprint density at radius 1 is 1.27 bits per heavy atom. The molecule has 1 heterocycles. The molecule has 0 aliphatic rings. The van der Waals surface area contributed by atoms with Gasteiger partial charge in [0, 0.05) is 12.6 Å². The minimum Gasteiger partial charge on any atom is -0.489 e. The van der Waals surface area contributed by atoms with Gasteiger partial charge in [0.05, 0.1) is 17.7 Å². The highest BCUT2D eigenvalue weighted by Gasteiger charge is 2.10. The summed E-state index contributed by atoms with van der Waals surface area (Å²) in [4.78, 5) is 12.0. The second-order valence-electron chi connectivity index (χ2n) is 6.17. The number of aromatic nitrogens is 1. The van der Waals surface area contributed by atoms with E-state index in [9.17, 15) is 4.79 Å². The number of nitrogens with zero attached hydrogens (tertiary/aromatic N) is 1. The summed E-state index contributed by atoms with van der Waals surface area (Å²) in [5.74, 6) is 1.55. The predicted octanol–water partition coefficient (Wildman–Crippen LogP) is 2.95. The quantitative estimate of drug-likeness (QED) is 0.698. The van der Waals surface area contributed by atoms with E-state index in [4.69, 9.17) is 9.26 Å². The zero-order valence-electron chi connectivity index (χ0n) is 15.8. The number of aryl methyl sites for hydroxylation is 2. The summed E-state index contributed by atoms with van der Waals surface area (Å²) in [7, 11) is 0. The molecule has 0 aliphatic carbocycles. The first-order valence-electron chi connectivity index (χ1n) is 8.63. The molecule has 0 fully saturated rings. The highest BCUT2D eigenvalue weighted by Crippen LogP contribution is 2.18. The number of carbonyl (C=O) groups is 1. The molecule has 0 spiro atoms. The lowest BCUT2D eigenvalue weighted by Gasteiger charge is -2.13. The van der Waals surface area contributed by atoms with Crippen LogP contribution < -0.4 is 15.4 Å². The van der Waals surface area contributed by atoms with Crippen molar-refractivity contribution in [2.75, 3.05) is 13.1 Å². The molecule has 7 heteroatoms. The van der Waals surface area contributed by atoms with Crippen LogP contribution in [0.1, 0.15) is 36.4 Å². The summed E-state index contributed by atoms with van der Waals surface area (Å²) in [6.45, 7) is 9.81. The fraction of sp³-hybridized carbons (Fsp3) is 0.474. The van der Waals surface area contributed by atoms with Gasteiger partial charge in [0.25, 0.3) is 0 Å². The van der Waals surface area contributed by atoms with Gasteiger partial charge in [0.1, 0.15) is 18.1 Å². The highest BCUT2D eigenvalue weighted by atomic mass is 35.5. The molecule has 0 saturated heterocycles. The molecule has 144 valence electrons. The molecule has 2 N–H and O–H groups in total. The van der Waals surface area contributed by atoms with Crippen LogP contribution in [-0.4, -0.2) is 30.2 Å². The first-order valence-corrected chi connectivity index (χ1v) is 8.63. The van der Waals surface area contributed by atoms with E-state index in [0.29, 0.717) is 19.6 Å². The van der Waals surface area contributed by atoms with Crippen LogP contribution in [0.15, 0.2) is 28.8 Å². The first kappa shape index (κ1) is 22.0. The summed E-state index contributed by atoms with van der Waals surface area (Å²) in [5, 5.41) is 10.1. The minimum absolute atomic E-state index is 0. The largest absolute Gasteiger partial charge is 0.489 e. The Labute approximate surface area is 161 Å². The van der Waals surface area contributed by atoms with Gasteiger partial charge in [-0.2, -0.15) is 0 Å². The number of likely N-dealkylation sites (N-methyl/N-ethyl adjacent to an activating group) is 1. The van der Waals surface area contributed by atoms with Crippen LogP contribution in [0.25, 0.3) is 0 Å². The summed E-state index contributed by atoms with van der Waals surface area (Å²) >= 11 is 0. The van der Waals surface area contributed by atoms with E-state index >= 15 is 0 Å². The van der Waals surface area contributed by atoms with Crippen LogP contribution >= 0.6 is 12.4 Å². The first-order chi connectivity index (χ1) is 12.0. The number of nitrogens with one attached hydrogen (secondary N) is 2. The minimum atomic E-state index is 0. The Balaban J connectivity index is 0.00000338. The number of hydrogen-bond acceptors (Lipinski definition) is 5. The lowest BCUT2D eigenvalue weighted by Crippen LogP contribution is -2.39. The number of halogens is 1. The molecule has 2 aromatic rings. The van der Waals surface area contributed by atoms with E-state index in [2.05, 4.69) is 22.7 Å². The molecular formula is C19H28ClN3O3. The Bertz CT molecular complexity index is 666. The number of ether oxygens (including phenoxy) is 1. The SMILES string of the molecule is CCN[C@H](C)CNC(=O)Cc1ccc(OCc2c(C)noc2C)cc1.Cl. The molecule has 1 atom stereocenters. The maximum Gasteiger partial charge on any atom is 0.224 e. The molecule has 1 aromatic carbocycles. The van der Waals surface area contributed by atoms with Crippen LogP contribution in [-0.2, 0) is 17.8 Å². The molecule has 26 heavy (non-hydrogen) atoms. The molecule has 0 unspecified atom stereocenters. The average molecular weight is 382 g/mol. The van der Waals surface area contributed by atoms with Gasteiger partial charge in [0.2, 0.25) is 5.91 Å². The van der Waals surface area contributed by atoms with Gasteiger partial charge in [0.15, 0.2) is 0 Å². The van der Waals surface area contributed by atoms with Crippen molar-refractivity contribution in [3.05, 3.63) is 46.8 Å². The Kier molecular flexibility index (Phi) is 9.16. The normalized spacial score (nSPS) is 11.5. The molecule has 0 radical (unpaired) electrons. The van der Waals surface area contributed by atoms with Gasteiger partial charge < -0.3 is 19.9 Å². The van der Waals surface area contributed by atoms with Crippen molar-refractivity contribution < 1.29 is 14.1 Å². The van der Waals surface area contributed by atoms with E-state index in [1.807, 2.05) is 45.0 Å². The summed E-state index contributed by atoms with van der Waals surface area (Å²) < 4.78 is 10.9. The average Bonchev–Trinajstić information content (AvgIpc) is 2.91. The summed E-state index contributed by atoms with van der Waals surface area (Å²) in [6.07, 6.45) is 0.364. The Morgan fingerprint density at radius 2 is 1.96 bits per heavy atom. The van der Waals surface area contributed by atoms with Gasteiger partial charge in [-0.05, 0) is 45.0 Å². The Hall–Kier alpha value is -2.05. The van der Waals surface area contributed by atoms with Crippen molar-refractivity contribution in [3.63, 3.8) is 0 Å². The standard InChI is InChI=1S/C19H27N3O3.ClH/c1-5-20-13(2)11-21-19(23)10-16-6-8-17(9-7-16)24-12-18-14(3)22-25-15(18)4;/h6-9,13,20H,5,10-12H2,1-4H3,(H,21,23);1H/t13-;/m1./s1. The van der Waals surface area contributed by atoms with Gasteiger partial charge in [-0.1, -0.05) is 24.2 Å². The van der Waals surface area contributed by atoms with Gasteiger partial charge >= 0.3 is 0 Å². The van der Waals surface area contributed by atoms with Crippen LogP contribution in [0.5, 0.6) is 5.75 Å². The fourth-order valence-electron chi connectivity index (χ4n) is 2.50. The van der Waals surface area contributed by atoms with Crippen LogP contribution in [0.2, 0.25) is 0 Å². The van der Waals surface area contributed by atoms with Crippen molar-refractivity contribution in [1.29, 1.82) is 0 Å². The van der Waals surface area contributed by atoms with Crippen molar-refractivity contribution in [2.45, 2.75) is 46.8 Å². The van der Waals surface area contributed by atoms with E-state index < -0.39 is 0 Å². The van der Waals surface area contributed by atoms with E-state index in [1.165, 1.54) is 0 Å². The van der Waals surface area contributed by atoms with E-state index in [0.717, 1.165) is 34.9 Å². The second-order valence-corrected chi connectivity index (χ2v) is 6.17. The van der Waals surface area contributed by atoms with Crippen molar-refractivity contribution in [2.24, 2.45) is 0 Å². The van der Waals surface area contributed by atoms with Gasteiger partial charge in [-0.15, -0.1) is 12.4 Å². The third kappa shape index (κ3) is 6.69. The second kappa shape index (κ2) is 10.8. The zero-order valence-corrected chi connectivity index (χ0v) is 16.6. The van der Waals surface area contributed by atoms with Crippen molar-refractivity contribution >= 4 is 18.3 Å². The maximum absolute atomic E-state index is 12.0.